The number of aryl methyl sites for hydroxylation is 3. The molecule has 2 aliphatic heterocycles. The summed E-state index contributed by atoms with van der Waals surface area (Å²) in [5.41, 5.74) is 2.52. The molecule has 0 saturated carbocycles. The van der Waals surface area contributed by atoms with Crippen LogP contribution in [0.3, 0.4) is 0 Å². The molecule has 148 valence electrons. The number of fused-ring (bicyclic) bond motifs is 2. The van der Waals surface area contributed by atoms with E-state index in [9.17, 15) is 8.42 Å². The van der Waals surface area contributed by atoms with E-state index in [2.05, 4.69) is 20.7 Å². The molecule has 3 aromatic rings. The Labute approximate surface area is 163 Å². The number of rotatable bonds is 3. The summed E-state index contributed by atoms with van der Waals surface area (Å²) in [6, 6.07) is 8.10. The zero-order valence-electron chi connectivity index (χ0n) is 16.2. The first-order valence-electron chi connectivity index (χ1n) is 9.45. The third kappa shape index (κ3) is 2.49. The van der Waals surface area contributed by atoms with E-state index in [1.807, 2.05) is 25.2 Å². The summed E-state index contributed by atoms with van der Waals surface area (Å²) >= 11 is 0. The summed E-state index contributed by atoms with van der Waals surface area (Å²) in [5, 5.41) is 3.81. The van der Waals surface area contributed by atoms with Crippen molar-refractivity contribution < 1.29 is 12.9 Å². The molecule has 0 spiro atoms. The fraction of sp³-hybridized carbons (Fsp3) is 0.474. The van der Waals surface area contributed by atoms with E-state index in [1.165, 1.54) is 0 Å². The number of aromatic nitrogens is 3. The highest BCUT2D eigenvalue weighted by Gasteiger charge is 2.46. The van der Waals surface area contributed by atoms with Gasteiger partial charge in [0.2, 0.25) is 16.0 Å². The lowest BCUT2D eigenvalue weighted by Crippen LogP contribution is -2.34. The first-order valence-corrected chi connectivity index (χ1v) is 10.9. The molecule has 28 heavy (non-hydrogen) atoms. The largest absolute Gasteiger partial charge is 0.360 e. The Hall–Kier alpha value is -2.39. The number of para-hydroxylation sites is 2. The normalized spacial score (nSPS) is 23.0. The molecule has 0 aliphatic carbocycles. The van der Waals surface area contributed by atoms with Crippen LogP contribution in [0.25, 0.3) is 11.0 Å². The van der Waals surface area contributed by atoms with E-state index < -0.39 is 10.0 Å². The van der Waals surface area contributed by atoms with Gasteiger partial charge >= 0.3 is 0 Å². The molecule has 2 unspecified atom stereocenters. The summed E-state index contributed by atoms with van der Waals surface area (Å²) in [6.07, 6.45) is 0. The van der Waals surface area contributed by atoms with Crippen molar-refractivity contribution in [3.63, 3.8) is 0 Å². The van der Waals surface area contributed by atoms with Crippen LogP contribution in [0.15, 0.2) is 33.7 Å². The first-order chi connectivity index (χ1) is 13.4. The van der Waals surface area contributed by atoms with E-state index in [0.29, 0.717) is 36.4 Å². The Bertz CT molecular complexity index is 1130. The van der Waals surface area contributed by atoms with Crippen molar-refractivity contribution in [2.75, 3.05) is 31.1 Å². The molecular weight excluding hydrogens is 378 g/mol. The number of imidazole rings is 1. The number of hydrogen-bond acceptors (Lipinski definition) is 6. The molecule has 0 bridgehead atoms. The maximum Gasteiger partial charge on any atom is 0.248 e. The van der Waals surface area contributed by atoms with Gasteiger partial charge in [-0.2, -0.15) is 4.31 Å². The third-order valence-corrected chi connectivity index (χ3v) is 8.14. The molecule has 0 N–H and O–H groups in total. The molecule has 2 aliphatic rings. The van der Waals surface area contributed by atoms with Gasteiger partial charge in [0.05, 0.1) is 11.0 Å². The van der Waals surface area contributed by atoms with Crippen molar-refractivity contribution >= 4 is 27.0 Å². The standard InChI is InChI=1S/C19H23N5O3S/c1-12-18(13(2)27-21-12)28(25,26)24-10-14-8-23(9-15(14)11-24)19-20-16-6-4-5-7-17(16)22(19)3/h4-7,14-15H,8-11H2,1-3H3. The van der Waals surface area contributed by atoms with Gasteiger partial charge in [-0.15, -0.1) is 0 Å². The van der Waals surface area contributed by atoms with Crippen LogP contribution in [0.4, 0.5) is 5.95 Å². The van der Waals surface area contributed by atoms with Gasteiger partial charge in [-0.1, -0.05) is 17.3 Å². The molecule has 8 nitrogen and oxygen atoms in total. The summed E-state index contributed by atoms with van der Waals surface area (Å²) < 4.78 is 35.0. The highest BCUT2D eigenvalue weighted by atomic mass is 32.2. The minimum atomic E-state index is -3.57. The lowest BCUT2D eigenvalue weighted by Gasteiger charge is -2.22. The second kappa shape index (κ2) is 6.05. The molecule has 2 atom stereocenters. The maximum atomic E-state index is 13.1. The SMILES string of the molecule is Cc1noc(C)c1S(=O)(=O)N1CC2CN(c3nc4ccccc4n3C)CC2C1. The highest BCUT2D eigenvalue weighted by Crippen LogP contribution is 2.37. The fourth-order valence-corrected chi connectivity index (χ4v) is 6.54. The van der Waals surface area contributed by atoms with Crippen molar-refractivity contribution in [3.8, 4) is 0 Å². The van der Waals surface area contributed by atoms with Gasteiger partial charge in [-0.05, 0) is 37.8 Å². The second-order valence-corrected chi connectivity index (χ2v) is 9.73. The monoisotopic (exact) mass is 401 g/mol. The Morgan fingerprint density at radius 1 is 1.07 bits per heavy atom. The van der Waals surface area contributed by atoms with Crippen LogP contribution in [0, 0.1) is 25.7 Å². The topological polar surface area (TPSA) is 84.5 Å². The maximum absolute atomic E-state index is 13.1. The first kappa shape index (κ1) is 17.7. The summed E-state index contributed by atoms with van der Waals surface area (Å²) in [7, 11) is -1.54. The molecule has 9 heteroatoms. The second-order valence-electron chi connectivity index (χ2n) is 7.86. The quantitative estimate of drug-likeness (QED) is 0.667. The van der Waals surface area contributed by atoms with Crippen LogP contribution in [0.5, 0.6) is 0 Å². The van der Waals surface area contributed by atoms with Gasteiger partial charge in [-0.25, -0.2) is 13.4 Å². The number of nitrogens with zero attached hydrogens (tertiary/aromatic N) is 5. The van der Waals surface area contributed by atoms with Crippen molar-refractivity contribution in [1.82, 2.24) is 19.0 Å². The summed E-state index contributed by atoms with van der Waals surface area (Å²) in [5.74, 6) is 1.91. The molecule has 0 radical (unpaired) electrons. The van der Waals surface area contributed by atoms with Crippen molar-refractivity contribution in [2.24, 2.45) is 18.9 Å². The van der Waals surface area contributed by atoms with Crippen molar-refractivity contribution in [2.45, 2.75) is 18.7 Å². The van der Waals surface area contributed by atoms with E-state index in [-0.39, 0.29) is 4.90 Å². The van der Waals surface area contributed by atoms with Gasteiger partial charge in [0.1, 0.15) is 10.6 Å². The highest BCUT2D eigenvalue weighted by molar-refractivity contribution is 7.89. The minimum absolute atomic E-state index is 0.222. The van der Waals surface area contributed by atoms with Crippen LogP contribution >= 0.6 is 0 Å². The predicted molar refractivity (Wildman–Crippen MR) is 105 cm³/mol. The van der Waals surface area contributed by atoms with Crippen LogP contribution < -0.4 is 4.90 Å². The van der Waals surface area contributed by atoms with Crippen molar-refractivity contribution in [1.29, 1.82) is 0 Å². The van der Waals surface area contributed by atoms with Crippen LogP contribution in [-0.4, -0.2) is 53.6 Å². The Morgan fingerprint density at radius 2 is 1.75 bits per heavy atom. The number of benzene rings is 1. The fourth-order valence-electron chi connectivity index (χ4n) is 4.70. The van der Waals surface area contributed by atoms with Crippen LogP contribution in [0.1, 0.15) is 11.5 Å². The van der Waals surface area contributed by atoms with E-state index >= 15 is 0 Å². The average Bonchev–Trinajstić information content (AvgIpc) is 3.38. The summed E-state index contributed by atoms with van der Waals surface area (Å²) in [6.45, 7) is 6.00. The van der Waals surface area contributed by atoms with E-state index in [0.717, 1.165) is 30.1 Å². The summed E-state index contributed by atoms with van der Waals surface area (Å²) in [4.78, 5) is 7.30. The average molecular weight is 401 g/mol. The van der Waals surface area contributed by atoms with Gasteiger partial charge < -0.3 is 14.0 Å². The number of sulfonamides is 1. The van der Waals surface area contributed by atoms with E-state index in [1.54, 1.807) is 18.2 Å². The minimum Gasteiger partial charge on any atom is -0.360 e. The molecule has 2 aromatic heterocycles. The molecule has 5 rings (SSSR count). The van der Waals surface area contributed by atoms with Gasteiger partial charge in [-0.3, -0.25) is 0 Å². The van der Waals surface area contributed by atoms with Crippen LogP contribution in [0.2, 0.25) is 0 Å². The smallest absolute Gasteiger partial charge is 0.248 e. The molecule has 0 amide bonds. The molecular formula is C19H23N5O3S. The van der Waals surface area contributed by atoms with Gasteiger partial charge in [0, 0.05) is 33.2 Å². The zero-order chi connectivity index (χ0) is 19.6. The lowest BCUT2D eigenvalue weighted by atomic mass is 10.0. The van der Waals surface area contributed by atoms with Gasteiger partial charge in [0.15, 0.2) is 5.76 Å². The molecule has 1 aromatic carbocycles. The molecule has 4 heterocycles. The van der Waals surface area contributed by atoms with Gasteiger partial charge in [0.25, 0.3) is 0 Å². The molecule has 2 saturated heterocycles. The lowest BCUT2D eigenvalue weighted by molar-refractivity contribution is 0.389. The predicted octanol–water partition coefficient (Wildman–Crippen LogP) is 1.94. The number of anilines is 1. The molecule has 2 fully saturated rings. The Morgan fingerprint density at radius 3 is 2.36 bits per heavy atom. The van der Waals surface area contributed by atoms with Crippen molar-refractivity contribution in [3.05, 3.63) is 35.7 Å². The van der Waals surface area contributed by atoms with E-state index in [4.69, 9.17) is 9.51 Å². The third-order valence-electron chi connectivity index (χ3n) is 6.06. The Kier molecular flexibility index (Phi) is 3.82. The van der Waals surface area contributed by atoms with Crippen LogP contribution in [-0.2, 0) is 17.1 Å². The zero-order valence-corrected chi connectivity index (χ0v) is 17.0. The number of hydrogen-bond donors (Lipinski definition) is 0. The Balaban J connectivity index is 1.37.